The molecule has 3 aliphatic rings. The molecule has 3 heterocycles. The lowest BCUT2D eigenvalue weighted by atomic mass is 9.93. The van der Waals surface area contributed by atoms with Gasteiger partial charge in [0, 0.05) is 57.4 Å². The van der Waals surface area contributed by atoms with Crippen LogP contribution in [0.1, 0.15) is 19.3 Å². The summed E-state index contributed by atoms with van der Waals surface area (Å²) in [4.78, 5) is 38.9. The molecule has 29 heavy (non-hydrogen) atoms. The van der Waals surface area contributed by atoms with Gasteiger partial charge in [-0.15, -0.1) is 0 Å². The molecular weight excluding hydrogens is 395 g/mol. The maximum Gasteiger partial charge on any atom is 0.490 e. The van der Waals surface area contributed by atoms with E-state index in [2.05, 4.69) is 0 Å². The van der Waals surface area contributed by atoms with E-state index in [0.717, 1.165) is 45.8 Å². The van der Waals surface area contributed by atoms with Crippen LogP contribution in [0.5, 0.6) is 0 Å². The van der Waals surface area contributed by atoms with Crippen molar-refractivity contribution in [3.63, 3.8) is 0 Å². The lowest BCUT2D eigenvalue weighted by Gasteiger charge is -2.24. The van der Waals surface area contributed by atoms with Crippen LogP contribution in [0, 0.1) is 11.8 Å². The second-order valence-corrected chi connectivity index (χ2v) is 7.89. The molecule has 0 unspecified atom stereocenters. The lowest BCUT2D eigenvalue weighted by Crippen LogP contribution is -2.36. The molecule has 3 saturated heterocycles. The van der Waals surface area contributed by atoms with Gasteiger partial charge in [0.2, 0.25) is 11.8 Å². The molecule has 3 fully saturated rings. The third kappa shape index (κ3) is 6.56. The summed E-state index contributed by atoms with van der Waals surface area (Å²) in [6, 6.07) is 0. The first-order valence-corrected chi connectivity index (χ1v) is 9.61. The van der Waals surface area contributed by atoms with Crippen LogP contribution in [0.15, 0.2) is 0 Å². The Morgan fingerprint density at radius 3 is 2.45 bits per heavy atom. The van der Waals surface area contributed by atoms with Crippen molar-refractivity contribution < 1.29 is 37.4 Å². The van der Waals surface area contributed by atoms with Crippen molar-refractivity contribution in [3.8, 4) is 0 Å². The second-order valence-electron chi connectivity index (χ2n) is 7.89. The van der Waals surface area contributed by atoms with E-state index in [0.29, 0.717) is 24.7 Å². The molecule has 0 bridgehead atoms. The summed E-state index contributed by atoms with van der Waals surface area (Å²) in [6.07, 6.45) is -2.67. The van der Waals surface area contributed by atoms with Crippen LogP contribution in [-0.2, 0) is 19.1 Å². The number of carboxylic acid groups (broad SMARTS) is 1. The van der Waals surface area contributed by atoms with E-state index in [1.165, 1.54) is 0 Å². The minimum atomic E-state index is -5.08. The van der Waals surface area contributed by atoms with Gasteiger partial charge < -0.3 is 24.5 Å². The Bertz CT molecular complexity index is 614. The van der Waals surface area contributed by atoms with Crippen molar-refractivity contribution >= 4 is 17.8 Å². The van der Waals surface area contributed by atoms with E-state index in [4.69, 9.17) is 14.6 Å². The predicted molar refractivity (Wildman–Crippen MR) is 96.0 cm³/mol. The van der Waals surface area contributed by atoms with Gasteiger partial charge in [-0.2, -0.15) is 13.2 Å². The Labute approximate surface area is 167 Å². The molecule has 3 aliphatic heterocycles. The fourth-order valence-corrected chi connectivity index (χ4v) is 3.85. The Morgan fingerprint density at radius 2 is 1.93 bits per heavy atom. The number of carbonyl (C=O) groups excluding carboxylic acids is 2. The molecule has 166 valence electrons. The molecule has 8 nitrogen and oxygen atoms in total. The van der Waals surface area contributed by atoms with Crippen LogP contribution in [0.4, 0.5) is 13.2 Å². The van der Waals surface area contributed by atoms with Gasteiger partial charge in [-0.05, 0) is 20.5 Å². The van der Waals surface area contributed by atoms with Gasteiger partial charge in [-0.25, -0.2) is 4.79 Å². The number of amides is 2. The van der Waals surface area contributed by atoms with E-state index < -0.39 is 12.1 Å². The maximum absolute atomic E-state index is 12.3. The molecule has 3 atom stereocenters. The fourth-order valence-electron chi connectivity index (χ4n) is 3.85. The number of carboxylic acids is 1. The Kier molecular flexibility index (Phi) is 7.87. The summed E-state index contributed by atoms with van der Waals surface area (Å²) in [5, 5.41) is 7.12. The molecule has 1 N–H and O–H groups in total. The van der Waals surface area contributed by atoms with Crippen LogP contribution in [0.3, 0.4) is 0 Å². The average molecular weight is 423 g/mol. The topological polar surface area (TPSA) is 90.4 Å². The number of hydrogen-bond acceptors (Lipinski definition) is 5. The van der Waals surface area contributed by atoms with Crippen molar-refractivity contribution in [1.29, 1.82) is 0 Å². The zero-order valence-electron chi connectivity index (χ0n) is 16.7. The number of alkyl halides is 3. The molecule has 0 aromatic heterocycles. The number of aliphatic carboxylic acids is 1. The fraction of sp³-hybridized carbons (Fsp3) is 0.833. The monoisotopic (exact) mass is 423 g/mol. The Morgan fingerprint density at radius 1 is 1.28 bits per heavy atom. The zero-order valence-corrected chi connectivity index (χ0v) is 16.7. The van der Waals surface area contributed by atoms with E-state index in [9.17, 15) is 22.8 Å². The number of rotatable bonds is 5. The molecule has 0 spiro atoms. The smallest absolute Gasteiger partial charge is 0.475 e. The summed E-state index contributed by atoms with van der Waals surface area (Å²) in [7, 11) is 3.97. The normalized spacial score (nSPS) is 26.6. The summed E-state index contributed by atoms with van der Waals surface area (Å²) < 4.78 is 37.6. The van der Waals surface area contributed by atoms with Gasteiger partial charge in [0.15, 0.2) is 0 Å². The van der Waals surface area contributed by atoms with Gasteiger partial charge in [0.25, 0.3) is 0 Å². The summed E-state index contributed by atoms with van der Waals surface area (Å²) in [6.45, 7) is 4.74. The third-order valence-electron chi connectivity index (χ3n) is 5.43. The molecular formula is C18H28F3N3O5. The van der Waals surface area contributed by atoms with Gasteiger partial charge in [-0.3, -0.25) is 9.59 Å². The molecule has 2 amide bonds. The maximum atomic E-state index is 12.3. The van der Waals surface area contributed by atoms with Gasteiger partial charge in [0.1, 0.15) is 0 Å². The second kappa shape index (κ2) is 9.75. The number of nitrogens with zero attached hydrogens (tertiary/aromatic N) is 3. The number of carbonyl (C=O) groups is 3. The van der Waals surface area contributed by atoms with Crippen molar-refractivity contribution in [2.75, 3.05) is 53.4 Å². The molecule has 0 radical (unpaired) electrons. The third-order valence-corrected chi connectivity index (χ3v) is 5.43. The average Bonchev–Trinajstić information content (AvgIpc) is 3.30. The van der Waals surface area contributed by atoms with Crippen molar-refractivity contribution in [1.82, 2.24) is 14.7 Å². The minimum absolute atomic E-state index is 0.172. The molecule has 3 rings (SSSR count). The van der Waals surface area contributed by atoms with Crippen molar-refractivity contribution in [2.24, 2.45) is 11.8 Å². The van der Waals surface area contributed by atoms with Crippen LogP contribution in [0.25, 0.3) is 0 Å². The highest BCUT2D eigenvalue weighted by Crippen LogP contribution is 2.35. The highest BCUT2D eigenvalue weighted by atomic mass is 19.4. The van der Waals surface area contributed by atoms with Crippen molar-refractivity contribution in [2.45, 2.75) is 31.5 Å². The minimum Gasteiger partial charge on any atom is -0.475 e. The number of fused-ring (bicyclic) bond motifs is 1. The number of ether oxygens (including phenoxy) is 1. The van der Waals surface area contributed by atoms with Gasteiger partial charge in [-0.1, -0.05) is 0 Å². The molecule has 0 aliphatic carbocycles. The molecule has 0 saturated carbocycles. The van der Waals surface area contributed by atoms with Crippen LogP contribution < -0.4 is 0 Å². The van der Waals surface area contributed by atoms with E-state index >= 15 is 0 Å². The van der Waals surface area contributed by atoms with E-state index in [1.54, 1.807) is 0 Å². The first-order chi connectivity index (χ1) is 13.5. The zero-order chi connectivity index (χ0) is 21.8. The quantitative estimate of drug-likeness (QED) is 0.699. The van der Waals surface area contributed by atoms with Crippen molar-refractivity contribution in [3.05, 3.63) is 0 Å². The highest BCUT2D eigenvalue weighted by Gasteiger charge is 2.46. The molecule has 0 aromatic carbocycles. The van der Waals surface area contributed by atoms with Crippen LogP contribution in [-0.4, -0.2) is 103 Å². The van der Waals surface area contributed by atoms with Crippen LogP contribution >= 0.6 is 0 Å². The number of likely N-dealkylation sites (tertiary alicyclic amines) is 2. The summed E-state index contributed by atoms with van der Waals surface area (Å²) in [5.41, 5.74) is 0. The van der Waals surface area contributed by atoms with E-state index in [1.807, 2.05) is 28.8 Å². The molecule has 0 aromatic rings. The van der Waals surface area contributed by atoms with Gasteiger partial charge in [0.05, 0.1) is 12.7 Å². The van der Waals surface area contributed by atoms with Gasteiger partial charge >= 0.3 is 12.1 Å². The number of halogens is 3. The predicted octanol–water partition coefficient (Wildman–Crippen LogP) is 0.667. The first-order valence-electron chi connectivity index (χ1n) is 9.61. The number of hydrogen-bond donors (Lipinski definition) is 1. The molecule has 11 heteroatoms. The standard InChI is InChI=1S/C16H27N3O3.C2HF3O2/c1-17(2)7-5-16(21)19-9-13-12(11-22-14(13)10-19)8-18-6-3-4-15(18)20;3-2(4,5)1(6)7/h12-14H,3-11H2,1-2H3;(H,6,7)/t12-,13-,14-;/m1./s1. The highest BCUT2D eigenvalue weighted by molar-refractivity contribution is 5.78. The summed E-state index contributed by atoms with van der Waals surface area (Å²) >= 11 is 0. The van der Waals surface area contributed by atoms with E-state index in [-0.39, 0.29) is 17.9 Å². The first kappa shape index (κ1) is 23.4. The Hall–Kier alpha value is -1.88. The summed E-state index contributed by atoms with van der Waals surface area (Å²) in [5.74, 6) is -1.47. The SMILES string of the molecule is CN(C)CCC(=O)N1C[C@@H]2[C@H](CN3CCCC3=O)CO[C@@H]2C1.O=C(O)C(F)(F)F. The lowest BCUT2D eigenvalue weighted by molar-refractivity contribution is -0.192. The van der Waals surface area contributed by atoms with Crippen LogP contribution in [0.2, 0.25) is 0 Å². The largest absolute Gasteiger partial charge is 0.490 e. The Balaban J connectivity index is 0.000000370.